The standard InChI is InChI=1S/C13H15NO2S2/c1-10-4-2-5-11(8-10)12(9-14)18(15,16)13-6-3-7-17-13/h2-8,12H,9,14H2,1H3/p+1/t12-/m1/s1. The number of benzene rings is 1. The number of thiophene rings is 1. The average molecular weight is 282 g/mol. The van der Waals surface area contributed by atoms with Gasteiger partial charge in [-0.25, -0.2) is 8.42 Å². The molecule has 0 amide bonds. The second-order valence-corrected chi connectivity index (χ2v) is 7.47. The van der Waals surface area contributed by atoms with Crippen molar-refractivity contribution in [3.8, 4) is 0 Å². The second-order valence-electron chi connectivity index (χ2n) is 4.17. The minimum atomic E-state index is -3.32. The van der Waals surface area contributed by atoms with Crippen LogP contribution in [-0.2, 0) is 9.84 Å². The lowest BCUT2D eigenvalue weighted by Gasteiger charge is -2.13. The van der Waals surface area contributed by atoms with Crippen LogP contribution in [0.5, 0.6) is 0 Å². The molecule has 1 aromatic carbocycles. The largest absolute Gasteiger partial charge is 0.356 e. The molecule has 0 aliphatic carbocycles. The van der Waals surface area contributed by atoms with E-state index in [1.807, 2.05) is 31.2 Å². The zero-order valence-electron chi connectivity index (χ0n) is 10.2. The highest BCUT2D eigenvalue weighted by Gasteiger charge is 2.30. The molecule has 1 atom stereocenters. The van der Waals surface area contributed by atoms with Crippen LogP contribution >= 0.6 is 11.3 Å². The van der Waals surface area contributed by atoms with Crippen LogP contribution in [-0.4, -0.2) is 15.0 Å². The molecule has 3 N–H and O–H groups in total. The molecule has 2 aromatic rings. The van der Waals surface area contributed by atoms with Crippen molar-refractivity contribution in [3.63, 3.8) is 0 Å². The highest BCUT2D eigenvalue weighted by atomic mass is 32.2. The molecule has 0 aliphatic heterocycles. The Labute approximate surface area is 111 Å². The summed E-state index contributed by atoms with van der Waals surface area (Å²) >= 11 is 1.26. The Balaban J connectivity index is 2.47. The SMILES string of the molecule is Cc1cccc([C@@H](C[NH3+])S(=O)(=O)c2cccs2)c1. The topological polar surface area (TPSA) is 61.8 Å². The van der Waals surface area contributed by atoms with Crippen LogP contribution < -0.4 is 5.73 Å². The summed E-state index contributed by atoms with van der Waals surface area (Å²) in [6.07, 6.45) is 0. The molecule has 3 nitrogen and oxygen atoms in total. The quantitative estimate of drug-likeness (QED) is 0.929. The van der Waals surface area contributed by atoms with Crippen molar-refractivity contribution in [2.45, 2.75) is 16.4 Å². The fraction of sp³-hybridized carbons (Fsp3) is 0.231. The van der Waals surface area contributed by atoms with Gasteiger partial charge < -0.3 is 5.73 Å². The first-order chi connectivity index (χ1) is 8.55. The molecule has 0 aliphatic rings. The second kappa shape index (κ2) is 5.22. The zero-order chi connectivity index (χ0) is 13.2. The summed E-state index contributed by atoms with van der Waals surface area (Å²) in [6.45, 7) is 2.30. The van der Waals surface area contributed by atoms with Crippen molar-refractivity contribution >= 4 is 21.2 Å². The molecule has 0 bridgehead atoms. The Kier molecular flexibility index (Phi) is 3.85. The molecule has 5 heteroatoms. The maximum absolute atomic E-state index is 12.5. The summed E-state index contributed by atoms with van der Waals surface area (Å²) < 4.78 is 25.4. The Bertz CT molecular complexity index is 618. The van der Waals surface area contributed by atoms with Gasteiger partial charge in [0, 0.05) is 0 Å². The molecule has 0 spiro atoms. The maximum atomic E-state index is 12.5. The van der Waals surface area contributed by atoms with Crippen molar-refractivity contribution in [1.29, 1.82) is 0 Å². The van der Waals surface area contributed by atoms with Crippen LogP contribution in [0.2, 0.25) is 0 Å². The van der Waals surface area contributed by atoms with E-state index in [0.29, 0.717) is 10.8 Å². The lowest BCUT2D eigenvalue weighted by Crippen LogP contribution is -2.54. The van der Waals surface area contributed by atoms with E-state index in [0.717, 1.165) is 11.1 Å². The molecule has 1 aromatic heterocycles. The number of hydrogen-bond acceptors (Lipinski definition) is 3. The van der Waals surface area contributed by atoms with E-state index < -0.39 is 15.1 Å². The van der Waals surface area contributed by atoms with Gasteiger partial charge >= 0.3 is 0 Å². The minimum Gasteiger partial charge on any atom is -0.356 e. The molecule has 0 fully saturated rings. The van der Waals surface area contributed by atoms with Gasteiger partial charge in [-0.2, -0.15) is 0 Å². The molecule has 0 saturated carbocycles. The van der Waals surface area contributed by atoms with Crippen LogP contribution in [0.1, 0.15) is 16.4 Å². The first-order valence-corrected chi connectivity index (χ1v) is 8.11. The number of quaternary nitrogens is 1. The monoisotopic (exact) mass is 282 g/mol. The highest BCUT2D eigenvalue weighted by Crippen LogP contribution is 2.30. The predicted molar refractivity (Wildman–Crippen MR) is 73.2 cm³/mol. The van der Waals surface area contributed by atoms with Crippen molar-refractivity contribution in [2.75, 3.05) is 6.54 Å². The Morgan fingerprint density at radius 3 is 2.61 bits per heavy atom. The van der Waals surface area contributed by atoms with Gasteiger partial charge in [0.15, 0.2) is 9.84 Å². The van der Waals surface area contributed by atoms with E-state index in [1.54, 1.807) is 17.5 Å². The third kappa shape index (κ3) is 2.48. The normalized spacial score (nSPS) is 13.4. The van der Waals surface area contributed by atoms with E-state index >= 15 is 0 Å². The molecular formula is C13H16NO2S2+. The highest BCUT2D eigenvalue weighted by molar-refractivity contribution is 7.93. The van der Waals surface area contributed by atoms with Crippen molar-refractivity contribution in [2.24, 2.45) is 0 Å². The van der Waals surface area contributed by atoms with E-state index in [2.05, 4.69) is 5.73 Å². The average Bonchev–Trinajstić information content (AvgIpc) is 2.83. The van der Waals surface area contributed by atoms with E-state index in [1.165, 1.54) is 11.3 Å². The van der Waals surface area contributed by atoms with Gasteiger partial charge in [-0.15, -0.1) is 11.3 Å². The van der Waals surface area contributed by atoms with Gasteiger partial charge in [0.1, 0.15) is 9.46 Å². The smallest absolute Gasteiger partial charge is 0.200 e. The molecule has 0 radical (unpaired) electrons. The van der Waals surface area contributed by atoms with Gasteiger partial charge in [-0.3, -0.25) is 0 Å². The molecule has 96 valence electrons. The summed E-state index contributed by atoms with van der Waals surface area (Å²) in [4.78, 5) is 0. The van der Waals surface area contributed by atoms with Gasteiger partial charge in [0.2, 0.25) is 0 Å². The fourth-order valence-electron chi connectivity index (χ4n) is 1.94. The van der Waals surface area contributed by atoms with E-state index in [4.69, 9.17) is 0 Å². The molecule has 1 heterocycles. The van der Waals surface area contributed by atoms with Crippen LogP contribution in [0.15, 0.2) is 46.0 Å². The lowest BCUT2D eigenvalue weighted by atomic mass is 10.1. The van der Waals surface area contributed by atoms with E-state index in [9.17, 15) is 8.42 Å². The Morgan fingerprint density at radius 2 is 2.06 bits per heavy atom. The van der Waals surface area contributed by atoms with Crippen LogP contribution in [0.3, 0.4) is 0 Å². The van der Waals surface area contributed by atoms with Gasteiger partial charge in [-0.05, 0) is 23.9 Å². The first kappa shape index (κ1) is 13.3. The van der Waals surface area contributed by atoms with Gasteiger partial charge in [0.25, 0.3) is 0 Å². The van der Waals surface area contributed by atoms with Crippen LogP contribution in [0, 0.1) is 6.92 Å². The van der Waals surface area contributed by atoms with Crippen LogP contribution in [0.25, 0.3) is 0 Å². The third-order valence-electron chi connectivity index (χ3n) is 2.83. The Hall–Kier alpha value is -1.17. The minimum absolute atomic E-state index is 0.337. The fourth-order valence-corrected chi connectivity index (χ4v) is 4.80. The summed E-state index contributed by atoms with van der Waals surface area (Å²) in [5.41, 5.74) is 5.67. The number of rotatable bonds is 4. The van der Waals surface area contributed by atoms with Gasteiger partial charge in [-0.1, -0.05) is 35.9 Å². The number of sulfone groups is 1. The first-order valence-electron chi connectivity index (χ1n) is 5.69. The molecule has 0 saturated heterocycles. The number of aryl methyl sites for hydroxylation is 1. The summed E-state index contributed by atoms with van der Waals surface area (Å²) in [5, 5.41) is 1.22. The Morgan fingerprint density at radius 1 is 1.28 bits per heavy atom. The molecule has 0 unspecified atom stereocenters. The van der Waals surface area contributed by atoms with E-state index in [-0.39, 0.29) is 0 Å². The summed E-state index contributed by atoms with van der Waals surface area (Å²) in [6, 6.07) is 11.0. The summed E-state index contributed by atoms with van der Waals surface area (Å²) in [7, 11) is -3.32. The summed E-state index contributed by atoms with van der Waals surface area (Å²) in [5.74, 6) is 0. The zero-order valence-corrected chi connectivity index (χ0v) is 11.8. The van der Waals surface area contributed by atoms with Crippen LogP contribution in [0.4, 0.5) is 0 Å². The number of hydrogen-bond donors (Lipinski definition) is 1. The third-order valence-corrected chi connectivity index (χ3v) is 6.43. The maximum Gasteiger partial charge on any atom is 0.200 e. The molecule has 18 heavy (non-hydrogen) atoms. The van der Waals surface area contributed by atoms with Crippen molar-refractivity contribution in [3.05, 3.63) is 52.9 Å². The van der Waals surface area contributed by atoms with Gasteiger partial charge in [0.05, 0.1) is 6.54 Å². The van der Waals surface area contributed by atoms with Crippen molar-refractivity contribution < 1.29 is 14.2 Å². The molecular weight excluding hydrogens is 266 g/mol. The van der Waals surface area contributed by atoms with Crippen molar-refractivity contribution in [1.82, 2.24) is 0 Å². The molecule has 2 rings (SSSR count). The lowest BCUT2D eigenvalue weighted by molar-refractivity contribution is -0.367. The predicted octanol–water partition coefficient (Wildman–Crippen LogP) is 1.81.